The van der Waals surface area contributed by atoms with Crippen molar-refractivity contribution in [3.8, 4) is 5.75 Å². The van der Waals surface area contributed by atoms with Gasteiger partial charge in [0.2, 0.25) is 0 Å². The van der Waals surface area contributed by atoms with Crippen LogP contribution in [0.5, 0.6) is 5.75 Å². The van der Waals surface area contributed by atoms with Gasteiger partial charge in [-0.1, -0.05) is 13.8 Å². The molecule has 1 atom stereocenters. The molecule has 0 radical (unpaired) electrons. The molecular weight excluding hydrogens is 382 g/mol. The van der Waals surface area contributed by atoms with E-state index in [4.69, 9.17) is 10.5 Å². The van der Waals surface area contributed by atoms with E-state index in [0.29, 0.717) is 23.7 Å². The van der Waals surface area contributed by atoms with Gasteiger partial charge in [-0.05, 0) is 52.7 Å². The molecule has 0 aliphatic carbocycles. The van der Waals surface area contributed by atoms with Crippen molar-refractivity contribution in [2.75, 3.05) is 6.61 Å². The largest absolute Gasteiger partial charge is 0.491 e. The molecule has 25 heavy (non-hydrogen) atoms. The highest BCUT2D eigenvalue weighted by Crippen LogP contribution is 2.32. The van der Waals surface area contributed by atoms with Crippen LogP contribution >= 0.6 is 15.9 Å². The normalized spacial score (nSPS) is 12.9. The fraction of sp³-hybridized carbons (Fsp3) is 0.368. The standard InChI is InChI=1S/C19H22BrN3O2/c1-10(2)6-12(21)9-25-17-8-16-14(7-15(17)20)13-4-5-22-11(3)18(13)19(24)23-16/h4-5,7-8,10,12H,6,9,21H2,1-3H3,(H,23,24)/t12-/m0/s1. The molecule has 6 heteroatoms. The molecule has 0 amide bonds. The number of nitrogens with one attached hydrogen (secondary N) is 1. The van der Waals surface area contributed by atoms with Gasteiger partial charge in [-0.25, -0.2) is 0 Å². The number of benzene rings is 1. The predicted molar refractivity (Wildman–Crippen MR) is 105 cm³/mol. The molecule has 3 rings (SSSR count). The van der Waals surface area contributed by atoms with Crippen molar-refractivity contribution in [3.05, 3.63) is 44.9 Å². The van der Waals surface area contributed by atoms with E-state index >= 15 is 0 Å². The molecule has 0 spiro atoms. The summed E-state index contributed by atoms with van der Waals surface area (Å²) in [5.41, 5.74) is 7.41. The number of nitrogens with zero attached hydrogens (tertiary/aromatic N) is 1. The lowest BCUT2D eigenvalue weighted by Crippen LogP contribution is -2.29. The number of aromatic amines is 1. The third-order valence-electron chi connectivity index (χ3n) is 4.21. The van der Waals surface area contributed by atoms with Gasteiger partial charge in [-0.2, -0.15) is 0 Å². The van der Waals surface area contributed by atoms with Gasteiger partial charge in [0.05, 0.1) is 21.1 Å². The van der Waals surface area contributed by atoms with Crippen molar-refractivity contribution in [2.45, 2.75) is 33.2 Å². The summed E-state index contributed by atoms with van der Waals surface area (Å²) < 4.78 is 6.71. The summed E-state index contributed by atoms with van der Waals surface area (Å²) in [7, 11) is 0. The van der Waals surface area contributed by atoms with Crippen molar-refractivity contribution in [1.29, 1.82) is 0 Å². The molecule has 3 N–H and O–H groups in total. The van der Waals surface area contributed by atoms with Crippen molar-refractivity contribution in [3.63, 3.8) is 0 Å². The number of hydrogen-bond donors (Lipinski definition) is 2. The molecule has 0 bridgehead atoms. The van der Waals surface area contributed by atoms with Crippen LogP contribution in [0.4, 0.5) is 0 Å². The van der Waals surface area contributed by atoms with Crippen LogP contribution in [0.3, 0.4) is 0 Å². The number of ether oxygens (including phenoxy) is 1. The topological polar surface area (TPSA) is 81.0 Å². The molecule has 5 nitrogen and oxygen atoms in total. The van der Waals surface area contributed by atoms with Crippen LogP contribution in [0.25, 0.3) is 21.7 Å². The first-order valence-corrected chi connectivity index (χ1v) is 9.15. The van der Waals surface area contributed by atoms with Crippen LogP contribution in [0, 0.1) is 12.8 Å². The third kappa shape index (κ3) is 3.70. The summed E-state index contributed by atoms with van der Waals surface area (Å²) >= 11 is 3.57. The summed E-state index contributed by atoms with van der Waals surface area (Å²) in [5, 5.41) is 2.45. The van der Waals surface area contributed by atoms with Gasteiger partial charge in [0.1, 0.15) is 12.4 Å². The first-order valence-electron chi connectivity index (χ1n) is 8.36. The number of halogens is 1. The van der Waals surface area contributed by atoms with Gasteiger partial charge in [-0.3, -0.25) is 9.78 Å². The zero-order chi connectivity index (χ0) is 18.1. The Bertz CT molecular complexity index is 982. The molecule has 1 aromatic carbocycles. The molecule has 0 fully saturated rings. The molecule has 0 aliphatic heterocycles. The van der Waals surface area contributed by atoms with E-state index in [0.717, 1.165) is 32.9 Å². The third-order valence-corrected chi connectivity index (χ3v) is 4.82. The summed E-state index contributed by atoms with van der Waals surface area (Å²) in [6, 6.07) is 5.66. The van der Waals surface area contributed by atoms with Gasteiger partial charge in [0.15, 0.2) is 0 Å². The quantitative estimate of drug-likeness (QED) is 0.632. The lowest BCUT2D eigenvalue weighted by atomic mass is 10.1. The minimum absolute atomic E-state index is 0.0213. The van der Waals surface area contributed by atoms with E-state index in [9.17, 15) is 4.79 Å². The highest BCUT2D eigenvalue weighted by atomic mass is 79.9. The number of nitrogens with two attached hydrogens (primary N) is 1. The Kier molecular flexibility index (Phi) is 5.11. The number of hydrogen-bond acceptors (Lipinski definition) is 4. The Morgan fingerprint density at radius 3 is 2.80 bits per heavy atom. The Morgan fingerprint density at radius 2 is 2.08 bits per heavy atom. The molecule has 132 valence electrons. The molecule has 0 saturated heterocycles. The van der Waals surface area contributed by atoms with E-state index in [1.165, 1.54) is 0 Å². The van der Waals surface area contributed by atoms with Crippen LogP contribution in [0.2, 0.25) is 0 Å². The Labute approximate surface area is 154 Å². The molecule has 2 heterocycles. The maximum absolute atomic E-state index is 12.4. The number of rotatable bonds is 5. The zero-order valence-electron chi connectivity index (χ0n) is 14.6. The molecular formula is C19H22BrN3O2. The number of H-pyrrole nitrogens is 1. The zero-order valence-corrected chi connectivity index (χ0v) is 16.2. The van der Waals surface area contributed by atoms with Gasteiger partial charge < -0.3 is 15.5 Å². The maximum Gasteiger partial charge on any atom is 0.258 e. The average Bonchev–Trinajstić information content (AvgIpc) is 2.53. The molecule has 0 aliphatic rings. The van der Waals surface area contributed by atoms with Gasteiger partial charge in [0, 0.05) is 23.7 Å². The van der Waals surface area contributed by atoms with E-state index in [-0.39, 0.29) is 11.6 Å². The molecule has 2 aromatic heterocycles. The van der Waals surface area contributed by atoms with Gasteiger partial charge in [0.25, 0.3) is 5.56 Å². The Morgan fingerprint density at radius 1 is 1.32 bits per heavy atom. The van der Waals surface area contributed by atoms with Crippen molar-refractivity contribution in [2.24, 2.45) is 11.7 Å². The Hall–Kier alpha value is -1.92. The van der Waals surface area contributed by atoms with Crippen LogP contribution in [-0.4, -0.2) is 22.6 Å². The molecule has 0 unspecified atom stereocenters. The summed E-state index contributed by atoms with van der Waals surface area (Å²) in [5.74, 6) is 1.20. The highest BCUT2D eigenvalue weighted by Gasteiger charge is 2.13. The minimum atomic E-state index is -0.141. The smallest absolute Gasteiger partial charge is 0.258 e. The van der Waals surface area contributed by atoms with E-state index < -0.39 is 0 Å². The number of aryl methyl sites for hydroxylation is 1. The van der Waals surface area contributed by atoms with Crippen LogP contribution in [0.1, 0.15) is 26.0 Å². The summed E-state index contributed by atoms with van der Waals surface area (Å²) in [6.07, 6.45) is 2.62. The van der Waals surface area contributed by atoms with Gasteiger partial charge in [-0.15, -0.1) is 0 Å². The first kappa shape index (κ1) is 17.9. The second-order valence-electron chi connectivity index (χ2n) is 6.80. The second-order valence-corrected chi connectivity index (χ2v) is 7.66. The first-order chi connectivity index (χ1) is 11.9. The lowest BCUT2D eigenvalue weighted by Gasteiger charge is -2.16. The summed E-state index contributed by atoms with van der Waals surface area (Å²) in [4.78, 5) is 19.6. The average molecular weight is 404 g/mol. The van der Waals surface area contributed by atoms with Crippen molar-refractivity contribution >= 4 is 37.6 Å². The van der Waals surface area contributed by atoms with E-state index in [1.807, 2.05) is 25.1 Å². The maximum atomic E-state index is 12.4. The van der Waals surface area contributed by atoms with Crippen LogP contribution in [-0.2, 0) is 0 Å². The highest BCUT2D eigenvalue weighted by molar-refractivity contribution is 9.10. The predicted octanol–water partition coefficient (Wildman–Crippen LogP) is 3.90. The number of aromatic nitrogens is 2. The monoisotopic (exact) mass is 403 g/mol. The Balaban J connectivity index is 2.02. The molecule has 3 aromatic rings. The lowest BCUT2D eigenvalue weighted by molar-refractivity contribution is 0.270. The fourth-order valence-corrected chi connectivity index (χ4v) is 3.58. The molecule has 0 saturated carbocycles. The van der Waals surface area contributed by atoms with E-state index in [2.05, 4.69) is 39.7 Å². The van der Waals surface area contributed by atoms with Crippen molar-refractivity contribution in [1.82, 2.24) is 9.97 Å². The summed E-state index contributed by atoms with van der Waals surface area (Å²) in [6.45, 7) is 6.55. The fourth-order valence-electron chi connectivity index (χ4n) is 3.12. The SMILES string of the molecule is Cc1nccc2c1c(=O)[nH]c1cc(OC[C@@H](N)CC(C)C)c(Br)cc12. The minimum Gasteiger partial charge on any atom is -0.491 e. The van der Waals surface area contributed by atoms with Crippen LogP contribution < -0.4 is 16.0 Å². The van der Waals surface area contributed by atoms with Gasteiger partial charge >= 0.3 is 0 Å². The van der Waals surface area contributed by atoms with E-state index in [1.54, 1.807) is 6.20 Å². The number of fused-ring (bicyclic) bond motifs is 3. The van der Waals surface area contributed by atoms with Crippen molar-refractivity contribution < 1.29 is 4.74 Å². The second kappa shape index (κ2) is 7.14. The number of pyridine rings is 2. The van der Waals surface area contributed by atoms with Crippen LogP contribution in [0.15, 0.2) is 33.7 Å².